The van der Waals surface area contributed by atoms with E-state index in [9.17, 15) is 17.6 Å². The predicted octanol–water partition coefficient (Wildman–Crippen LogP) is 5.26. The number of thiophene rings is 1. The van der Waals surface area contributed by atoms with Gasteiger partial charge in [0.25, 0.3) is 0 Å². The van der Waals surface area contributed by atoms with Gasteiger partial charge in [0.05, 0.1) is 19.7 Å². The molecule has 0 spiro atoms. The normalized spacial score (nSPS) is 17.6. The highest BCUT2D eigenvalue weighted by Crippen LogP contribution is 2.41. The van der Waals surface area contributed by atoms with Crippen LogP contribution in [0.25, 0.3) is 10.1 Å². The fourth-order valence-electron chi connectivity index (χ4n) is 3.04. The van der Waals surface area contributed by atoms with Gasteiger partial charge in [-0.05, 0) is 73.3 Å². The molecule has 1 N–H and O–H groups in total. The minimum absolute atomic E-state index is 0.0487. The number of halogens is 5. The summed E-state index contributed by atoms with van der Waals surface area (Å²) in [6.45, 7) is 1.95. The number of hydrogen-bond donors (Lipinski definition) is 1. The van der Waals surface area contributed by atoms with Crippen LogP contribution in [0.1, 0.15) is 18.4 Å². The molecule has 24 heavy (non-hydrogen) atoms. The Kier molecular flexibility index (Phi) is 5.27. The second-order valence-corrected chi connectivity index (χ2v) is 9.00. The average molecular weight is 472 g/mol. The molecule has 3 rings (SSSR count). The molecule has 0 aliphatic carbocycles. The third-order valence-corrected chi connectivity index (χ3v) is 6.66. The number of fused-ring (bicyclic) bond motifs is 1. The lowest BCUT2D eigenvalue weighted by Crippen LogP contribution is -2.36. The lowest BCUT2D eigenvalue weighted by atomic mass is 10.0. The zero-order chi connectivity index (χ0) is 17.5. The number of benzene rings is 1. The predicted molar refractivity (Wildman–Crippen MR) is 98.4 cm³/mol. The van der Waals surface area contributed by atoms with Gasteiger partial charge in [-0.25, -0.2) is 4.39 Å². The van der Waals surface area contributed by atoms with Crippen LogP contribution >= 0.6 is 33.9 Å². The molecule has 0 saturated carbocycles. The number of nitrogens with one attached hydrogen (secondary N) is 1. The number of nitrogens with zero attached hydrogens (tertiary/aromatic N) is 1. The molecule has 8 heteroatoms. The number of piperidine rings is 1. The van der Waals surface area contributed by atoms with Crippen LogP contribution in [-0.2, 0) is 6.42 Å². The van der Waals surface area contributed by atoms with Crippen molar-refractivity contribution in [1.82, 2.24) is 4.90 Å². The molecule has 1 aliphatic rings. The van der Waals surface area contributed by atoms with Crippen LogP contribution in [0.5, 0.6) is 0 Å². The molecule has 2 aromatic rings. The number of likely N-dealkylation sites (tertiary alicyclic amines) is 1. The number of alkyl halides is 3. The van der Waals surface area contributed by atoms with Crippen molar-refractivity contribution in [3.63, 3.8) is 0 Å². The van der Waals surface area contributed by atoms with E-state index in [-0.39, 0.29) is 17.0 Å². The van der Waals surface area contributed by atoms with Crippen LogP contribution in [0.2, 0.25) is 0 Å². The first-order valence-electron chi connectivity index (χ1n) is 7.66. The van der Waals surface area contributed by atoms with Crippen LogP contribution in [0.15, 0.2) is 12.1 Å². The van der Waals surface area contributed by atoms with Crippen molar-refractivity contribution in [2.24, 2.45) is 0 Å². The van der Waals surface area contributed by atoms with Gasteiger partial charge >= 0.3 is 6.18 Å². The molecule has 1 aromatic heterocycles. The first kappa shape index (κ1) is 18.2. The summed E-state index contributed by atoms with van der Waals surface area (Å²) in [5.41, 5.74) is 0.782. The molecule has 2 nitrogen and oxygen atoms in total. The molecule has 1 aromatic carbocycles. The Morgan fingerprint density at radius 1 is 1.29 bits per heavy atom. The summed E-state index contributed by atoms with van der Waals surface area (Å²) in [5, 5.41) is 3.52. The van der Waals surface area contributed by atoms with E-state index in [0.717, 1.165) is 31.6 Å². The van der Waals surface area contributed by atoms with Crippen molar-refractivity contribution in [3.05, 3.63) is 26.4 Å². The molecular weight excluding hydrogens is 455 g/mol. The van der Waals surface area contributed by atoms with Gasteiger partial charge in [0.2, 0.25) is 0 Å². The van der Waals surface area contributed by atoms with Crippen molar-refractivity contribution in [2.45, 2.75) is 31.5 Å². The third kappa shape index (κ3) is 3.96. The van der Waals surface area contributed by atoms with Crippen LogP contribution in [-0.4, -0.2) is 37.3 Å². The Balaban J connectivity index is 1.95. The molecule has 0 unspecified atom stereocenters. The van der Waals surface area contributed by atoms with E-state index >= 15 is 0 Å². The maximum atomic E-state index is 14.2. The highest BCUT2D eigenvalue weighted by atomic mass is 127. The molecule has 1 aliphatic heterocycles. The number of rotatable bonds is 3. The summed E-state index contributed by atoms with van der Waals surface area (Å²) in [6, 6.07) is 3.17. The Morgan fingerprint density at radius 3 is 2.58 bits per heavy atom. The van der Waals surface area contributed by atoms with Crippen molar-refractivity contribution in [3.8, 4) is 0 Å². The number of anilines is 1. The minimum Gasteiger partial charge on any atom is -0.381 e. The van der Waals surface area contributed by atoms with Gasteiger partial charge in [0.1, 0.15) is 5.82 Å². The summed E-state index contributed by atoms with van der Waals surface area (Å²) in [7, 11) is 2.07. The Morgan fingerprint density at radius 2 is 1.96 bits per heavy atom. The standard InChI is InChI=1S/C16H17F4IN2S/c1-23-6-4-9(5-7-23)22-12-3-2-11(17)13-10(8-16(18,19)20)15(21)24-14(12)13/h2-3,9,22H,4-8H2,1H3. The van der Waals surface area contributed by atoms with E-state index in [1.807, 2.05) is 22.6 Å². The van der Waals surface area contributed by atoms with Gasteiger partial charge in [-0.3, -0.25) is 0 Å². The van der Waals surface area contributed by atoms with E-state index in [0.29, 0.717) is 7.58 Å². The smallest absolute Gasteiger partial charge is 0.381 e. The van der Waals surface area contributed by atoms with Crippen molar-refractivity contribution < 1.29 is 17.6 Å². The second-order valence-electron chi connectivity index (χ2n) is 6.17. The zero-order valence-electron chi connectivity index (χ0n) is 13.0. The van der Waals surface area contributed by atoms with E-state index in [1.54, 1.807) is 6.07 Å². The lowest BCUT2D eigenvalue weighted by Gasteiger charge is -2.30. The van der Waals surface area contributed by atoms with Gasteiger partial charge in [-0.1, -0.05) is 0 Å². The first-order chi connectivity index (χ1) is 11.2. The average Bonchev–Trinajstić information content (AvgIpc) is 2.80. The Hall–Kier alpha value is -0.610. The summed E-state index contributed by atoms with van der Waals surface area (Å²) in [4.78, 5) is 2.24. The molecule has 2 heterocycles. The molecule has 132 valence electrons. The fraction of sp³-hybridized carbons (Fsp3) is 0.500. The fourth-order valence-corrected chi connectivity index (χ4v) is 5.20. The van der Waals surface area contributed by atoms with Crippen molar-refractivity contribution in [2.75, 3.05) is 25.5 Å². The van der Waals surface area contributed by atoms with E-state index in [2.05, 4.69) is 17.3 Å². The van der Waals surface area contributed by atoms with Gasteiger partial charge in [0, 0.05) is 11.4 Å². The van der Waals surface area contributed by atoms with E-state index in [1.165, 1.54) is 17.4 Å². The number of hydrogen-bond acceptors (Lipinski definition) is 3. The highest BCUT2D eigenvalue weighted by molar-refractivity contribution is 14.1. The van der Waals surface area contributed by atoms with Crippen LogP contribution < -0.4 is 5.32 Å². The maximum absolute atomic E-state index is 14.2. The maximum Gasteiger partial charge on any atom is 0.393 e. The SMILES string of the molecule is CN1CCC(Nc2ccc(F)c3c(CC(F)(F)F)c(I)sc23)CC1. The molecule has 0 radical (unpaired) electrons. The lowest BCUT2D eigenvalue weighted by molar-refractivity contribution is -0.127. The van der Waals surface area contributed by atoms with Gasteiger partial charge in [-0.15, -0.1) is 11.3 Å². The first-order valence-corrected chi connectivity index (χ1v) is 9.55. The van der Waals surface area contributed by atoms with Gasteiger partial charge < -0.3 is 10.2 Å². The quantitative estimate of drug-likeness (QED) is 0.485. The molecule has 0 atom stereocenters. The molecule has 0 bridgehead atoms. The summed E-state index contributed by atoms with van der Waals surface area (Å²) in [5.74, 6) is -0.586. The van der Waals surface area contributed by atoms with Gasteiger partial charge in [-0.2, -0.15) is 13.2 Å². The molecule has 0 amide bonds. The van der Waals surface area contributed by atoms with Crippen LogP contribution in [0, 0.1) is 8.70 Å². The van der Waals surface area contributed by atoms with Crippen LogP contribution in [0.3, 0.4) is 0 Å². The molecule has 1 saturated heterocycles. The Labute approximate surface area is 155 Å². The highest BCUT2D eigenvalue weighted by Gasteiger charge is 2.32. The van der Waals surface area contributed by atoms with Crippen molar-refractivity contribution >= 4 is 49.7 Å². The van der Waals surface area contributed by atoms with E-state index in [4.69, 9.17) is 0 Å². The molecule has 1 fully saturated rings. The third-order valence-electron chi connectivity index (χ3n) is 4.29. The molecular formula is C16H17F4IN2S. The van der Waals surface area contributed by atoms with Crippen molar-refractivity contribution in [1.29, 1.82) is 0 Å². The summed E-state index contributed by atoms with van der Waals surface area (Å²) >= 11 is 3.10. The summed E-state index contributed by atoms with van der Waals surface area (Å²) < 4.78 is 53.8. The van der Waals surface area contributed by atoms with Gasteiger partial charge in [0.15, 0.2) is 0 Å². The zero-order valence-corrected chi connectivity index (χ0v) is 16.0. The topological polar surface area (TPSA) is 15.3 Å². The monoisotopic (exact) mass is 472 g/mol. The van der Waals surface area contributed by atoms with E-state index < -0.39 is 18.4 Å². The Bertz CT molecular complexity index is 736. The summed E-state index contributed by atoms with van der Waals surface area (Å²) in [6.07, 6.45) is -3.52. The largest absolute Gasteiger partial charge is 0.393 e. The van der Waals surface area contributed by atoms with Crippen LogP contribution in [0.4, 0.5) is 23.2 Å². The second kappa shape index (κ2) is 6.95. The minimum atomic E-state index is -4.35.